The summed E-state index contributed by atoms with van der Waals surface area (Å²) >= 11 is 1.86. The SMILES string of the molecule is c1ccc(-c2nc(-n3c4ccccc4c4c3ccc3c5ccccc5n(-c5ccccc5)c34)nc3ccccc23)cc1.c1ccc(-c2nc(-n3c4ccccc4c4c5oc6ccccc6c5ccc43)nc3ccccc23)cc1.c1ccc(-c2nc(-n3c4ccccc4c4c5sc6ccccc6c5ccc43)nc3ccccc23)cc1.c1ccc(-c2nc(-n3c4ccccc4n4c5ccccc5nc34)nc3ccccc23)cc1. The largest absolute Gasteiger partial charge is 0.455 e. The van der Waals surface area contributed by atoms with Crippen molar-refractivity contribution >= 4 is 212 Å². The first kappa shape index (κ1) is 83.2. The fourth-order valence-corrected chi connectivity index (χ4v) is 23.2. The lowest BCUT2D eigenvalue weighted by Gasteiger charge is -2.12. The summed E-state index contributed by atoms with van der Waals surface area (Å²) in [7, 11) is 0. The molecular weight excluding hydrogens is 1810 g/mol. The molecule has 0 saturated heterocycles. The number of furan rings is 1. The van der Waals surface area contributed by atoms with Gasteiger partial charge in [-0.2, -0.15) is 0 Å². The smallest absolute Gasteiger partial charge is 0.238 e. The minimum absolute atomic E-state index is 0.615. The van der Waals surface area contributed by atoms with Crippen molar-refractivity contribution in [3.8, 4) is 74.5 Å². The molecule has 12 aromatic heterocycles. The normalized spacial score (nSPS) is 11.8. The molecule has 16 nitrogen and oxygen atoms in total. The number of rotatable bonds is 9. The number of thiophene rings is 1. The zero-order valence-electron chi connectivity index (χ0n) is 78.1. The molecule has 146 heavy (non-hydrogen) atoms. The zero-order chi connectivity index (χ0) is 96.0. The van der Waals surface area contributed by atoms with Gasteiger partial charge in [0.2, 0.25) is 29.6 Å². The Hall–Kier alpha value is -19.8. The Morgan fingerprint density at radius 1 is 0.185 bits per heavy atom. The van der Waals surface area contributed by atoms with Crippen LogP contribution in [0.15, 0.2) is 484 Å². The molecule has 32 aromatic rings. The molecule has 0 radical (unpaired) electrons. The first-order valence-electron chi connectivity index (χ1n) is 48.8. The Morgan fingerprint density at radius 2 is 0.514 bits per heavy atom. The Bertz CT molecular complexity index is 10600. The van der Waals surface area contributed by atoms with E-state index in [9.17, 15) is 0 Å². The molecule has 0 aliphatic rings. The lowest BCUT2D eigenvalue weighted by molar-refractivity contribution is 0.673. The maximum Gasteiger partial charge on any atom is 0.238 e. The van der Waals surface area contributed by atoms with Crippen molar-refractivity contribution in [3.05, 3.63) is 479 Å². The van der Waals surface area contributed by atoms with Crippen LogP contribution in [-0.2, 0) is 0 Å². The summed E-state index contributed by atoms with van der Waals surface area (Å²) in [4.78, 5) is 45.9. The summed E-state index contributed by atoms with van der Waals surface area (Å²) in [6.07, 6.45) is 0. The molecular formula is C129H79N15OS. The van der Waals surface area contributed by atoms with Crippen molar-refractivity contribution in [1.82, 2.24) is 72.1 Å². The van der Waals surface area contributed by atoms with Crippen LogP contribution in [0, 0.1) is 0 Å². The molecule has 32 rings (SSSR count). The van der Waals surface area contributed by atoms with Gasteiger partial charge in [0.25, 0.3) is 0 Å². The lowest BCUT2D eigenvalue weighted by Crippen LogP contribution is -2.04. The Balaban J connectivity index is 0.0000000926. The van der Waals surface area contributed by atoms with Crippen LogP contribution in [0.5, 0.6) is 0 Å². The van der Waals surface area contributed by atoms with Crippen molar-refractivity contribution in [2.24, 2.45) is 0 Å². The monoisotopic (exact) mass is 1890 g/mol. The fourth-order valence-electron chi connectivity index (χ4n) is 21.9. The van der Waals surface area contributed by atoms with E-state index in [-0.39, 0.29) is 0 Å². The molecule has 12 heterocycles. The van der Waals surface area contributed by atoms with Gasteiger partial charge in [-0.1, -0.05) is 358 Å². The van der Waals surface area contributed by atoms with Gasteiger partial charge >= 0.3 is 0 Å². The summed E-state index contributed by atoms with van der Waals surface area (Å²) < 4.78 is 22.3. The van der Waals surface area contributed by atoms with E-state index in [1.54, 1.807) is 0 Å². The lowest BCUT2D eigenvalue weighted by atomic mass is 10.1. The highest BCUT2D eigenvalue weighted by Crippen LogP contribution is 2.48. The molecule has 0 amide bonds. The first-order chi connectivity index (χ1) is 72.5. The van der Waals surface area contributed by atoms with E-state index in [1.807, 2.05) is 139 Å². The predicted molar refractivity (Wildman–Crippen MR) is 601 cm³/mol. The highest BCUT2D eigenvalue weighted by molar-refractivity contribution is 7.26. The van der Waals surface area contributed by atoms with Crippen LogP contribution in [0.3, 0.4) is 0 Å². The van der Waals surface area contributed by atoms with Crippen LogP contribution < -0.4 is 0 Å². The number of aromatic nitrogens is 15. The van der Waals surface area contributed by atoms with Crippen molar-refractivity contribution < 1.29 is 4.42 Å². The molecule has 0 aliphatic carbocycles. The number of hydrogen-bond acceptors (Lipinski definition) is 11. The van der Waals surface area contributed by atoms with Crippen molar-refractivity contribution in [2.45, 2.75) is 0 Å². The molecule has 17 heteroatoms. The topological polar surface area (TPSA) is 158 Å². The van der Waals surface area contributed by atoms with E-state index in [2.05, 4.69) is 379 Å². The van der Waals surface area contributed by atoms with Crippen molar-refractivity contribution in [2.75, 3.05) is 0 Å². The third-order valence-electron chi connectivity index (χ3n) is 28.3. The molecule has 20 aromatic carbocycles. The minimum Gasteiger partial charge on any atom is -0.455 e. The Morgan fingerprint density at radius 3 is 0.993 bits per heavy atom. The van der Waals surface area contributed by atoms with Crippen LogP contribution in [0.25, 0.3) is 275 Å². The summed E-state index contributed by atoms with van der Waals surface area (Å²) in [5, 5.41) is 18.5. The highest BCUT2D eigenvalue weighted by atomic mass is 32.1. The molecule has 0 unspecified atom stereocenters. The quantitative estimate of drug-likeness (QED) is 0.136. The van der Waals surface area contributed by atoms with Gasteiger partial charge in [-0.3, -0.25) is 18.1 Å². The highest BCUT2D eigenvalue weighted by Gasteiger charge is 2.29. The standard InChI is InChI=1S/C38H24N4.C32H19N3O.C32H19N3S.C27H17N5/c1-3-13-25(14-4-1)36-29-18-7-10-20-31(29)39-38(40-36)42-33-22-12-9-19-30(33)35-34(42)24-23-28-27-17-8-11-21-32(27)41(37(28)35)26-15-5-2-6-16-26;2*1-2-10-20(11-3-1)30-23-13-4-7-15-25(23)33-32(34-30)35-26-16-8-5-14-24(26)29-27(35)19-18-22-21-12-6-9-17-28(21)36-31(22)29;1-2-10-18(11-3-1)25-19-12-4-5-13-20(19)28-26(30-25)32-24-17-9-8-16-23(24)31-22-15-7-6-14-21(22)29-27(31)32/h1-24H;2*1-19H;1-17H. The van der Waals surface area contributed by atoms with Crippen molar-refractivity contribution in [3.63, 3.8) is 0 Å². The van der Waals surface area contributed by atoms with E-state index in [1.165, 1.54) is 63.5 Å². The Kier molecular flexibility index (Phi) is 19.4. The second-order valence-electron chi connectivity index (χ2n) is 36.6. The maximum atomic E-state index is 6.43. The number of para-hydroxylation sites is 14. The molecule has 0 atom stereocenters. The summed E-state index contributed by atoms with van der Waals surface area (Å²) in [6, 6.07) is 166. The number of hydrogen-bond donors (Lipinski definition) is 0. The number of benzene rings is 20. The second kappa shape index (κ2) is 34.1. The molecule has 0 bridgehead atoms. The molecule has 0 fully saturated rings. The predicted octanol–water partition coefficient (Wildman–Crippen LogP) is 32.6. The summed E-state index contributed by atoms with van der Waals surface area (Å²) in [5.74, 6) is 3.43. The molecule has 682 valence electrons. The minimum atomic E-state index is 0.615. The van der Waals surface area contributed by atoms with Gasteiger partial charge in [0.15, 0.2) is 0 Å². The molecule has 0 spiro atoms. The summed E-state index contributed by atoms with van der Waals surface area (Å²) in [5.41, 5.74) is 27.6. The average Bonchev–Trinajstić information content (AvgIpc) is 1.55. The number of fused-ring (bicyclic) bond motifs is 30. The van der Waals surface area contributed by atoms with Gasteiger partial charge in [-0.15, -0.1) is 11.3 Å². The van der Waals surface area contributed by atoms with Crippen molar-refractivity contribution in [1.29, 1.82) is 0 Å². The van der Waals surface area contributed by atoms with Gasteiger partial charge in [-0.05, 0) is 121 Å². The van der Waals surface area contributed by atoms with Gasteiger partial charge in [0, 0.05) is 118 Å². The maximum absolute atomic E-state index is 6.43. The van der Waals surface area contributed by atoms with Gasteiger partial charge in [0.1, 0.15) is 11.2 Å². The zero-order valence-corrected chi connectivity index (χ0v) is 79.0. The molecule has 0 aliphatic heterocycles. The number of nitrogens with zero attached hydrogens (tertiary/aromatic N) is 15. The first-order valence-corrected chi connectivity index (χ1v) is 49.6. The molecule has 0 saturated carbocycles. The van der Waals surface area contributed by atoms with E-state index in [0.29, 0.717) is 23.8 Å². The second-order valence-corrected chi connectivity index (χ2v) is 37.6. The van der Waals surface area contributed by atoms with E-state index >= 15 is 0 Å². The van der Waals surface area contributed by atoms with Crippen LogP contribution in [0.1, 0.15) is 0 Å². The van der Waals surface area contributed by atoms with Crippen LogP contribution >= 0.6 is 11.3 Å². The summed E-state index contributed by atoms with van der Waals surface area (Å²) in [6.45, 7) is 0. The van der Waals surface area contributed by atoms with Gasteiger partial charge < -0.3 is 8.98 Å². The fraction of sp³-hybridized carbons (Fsp3) is 0. The van der Waals surface area contributed by atoms with Gasteiger partial charge in [-0.25, -0.2) is 49.4 Å². The average molecular weight is 1890 g/mol. The van der Waals surface area contributed by atoms with Crippen LogP contribution in [0.4, 0.5) is 0 Å². The molecule has 0 N–H and O–H groups in total. The van der Waals surface area contributed by atoms with Crippen LogP contribution in [-0.4, -0.2) is 72.1 Å². The van der Waals surface area contributed by atoms with E-state index in [4.69, 9.17) is 49.3 Å². The third kappa shape index (κ3) is 13.4. The Labute approximate surface area is 836 Å². The van der Waals surface area contributed by atoms with E-state index in [0.717, 1.165) is 188 Å². The van der Waals surface area contributed by atoms with Gasteiger partial charge in [0.05, 0.1) is 116 Å². The number of imidazole rings is 2. The van der Waals surface area contributed by atoms with E-state index < -0.39 is 0 Å². The third-order valence-corrected chi connectivity index (χ3v) is 29.5. The van der Waals surface area contributed by atoms with Crippen LogP contribution in [0.2, 0.25) is 0 Å².